The molecule has 0 N–H and O–H groups in total. The van der Waals surface area contributed by atoms with Crippen molar-refractivity contribution >= 4 is 21.7 Å². The number of benzene rings is 3. The van der Waals surface area contributed by atoms with Crippen molar-refractivity contribution in [2.75, 3.05) is 10.8 Å². The second-order valence-electron chi connectivity index (χ2n) is 6.38. The second kappa shape index (κ2) is 9.25. The molecule has 0 atom stereocenters. The van der Waals surface area contributed by atoms with Gasteiger partial charge in [-0.05, 0) is 43.3 Å². The van der Waals surface area contributed by atoms with Gasteiger partial charge in [0.25, 0.3) is 10.0 Å². The first-order valence-corrected chi connectivity index (χ1v) is 10.7. The molecule has 152 valence electrons. The monoisotopic (exact) mass is 420 g/mol. The topological polar surface area (TPSA) is 87.5 Å². The van der Waals surface area contributed by atoms with E-state index >= 15 is 0 Å². The van der Waals surface area contributed by atoms with Crippen molar-refractivity contribution in [3.05, 3.63) is 95.6 Å². The predicted octanol–water partition coefficient (Wildman–Crippen LogP) is 4.13. The van der Waals surface area contributed by atoms with Crippen molar-refractivity contribution in [1.82, 2.24) is 0 Å². The summed E-state index contributed by atoms with van der Waals surface area (Å²) in [7, 11) is -3.86. The van der Waals surface area contributed by atoms with E-state index in [0.29, 0.717) is 16.8 Å². The lowest BCUT2D eigenvalue weighted by Crippen LogP contribution is -2.30. The van der Waals surface area contributed by atoms with Crippen LogP contribution in [0.4, 0.5) is 5.69 Å². The lowest BCUT2D eigenvalue weighted by Gasteiger charge is -2.23. The molecule has 0 aliphatic heterocycles. The van der Waals surface area contributed by atoms with Crippen LogP contribution in [0, 0.1) is 11.3 Å². The molecule has 3 aromatic rings. The molecule has 0 fully saturated rings. The minimum atomic E-state index is -3.86. The molecule has 0 spiro atoms. The number of carbonyl (C=O) groups is 1. The molecule has 0 amide bonds. The summed E-state index contributed by atoms with van der Waals surface area (Å²) in [6, 6.07) is 23.4. The SMILES string of the molecule is CCN(c1ccccc1)S(=O)(=O)c1cccc(C(=O)OCc2ccccc2C#N)c1. The fraction of sp³-hybridized carbons (Fsp3) is 0.130. The molecule has 0 saturated carbocycles. The van der Waals surface area contributed by atoms with Crippen molar-refractivity contribution in [3.63, 3.8) is 0 Å². The Morgan fingerprint density at radius 2 is 1.70 bits per heavy atom. The highest BCUT2D eigenvalue weighted by molar-refractivity contribution is 7.92. The molecule has 0 aliphatic carbocycles. The largest absolute Gasteiger partial charge is 0.457 e. The van der Waals surface area contributed by atoms with Crippen molar-refractivity contribution in [2.45, 2.75) is 18.4 Å². The Labute approximate surface area is 176 Å². The number of nitrogens with zero attached hydrogens (tertiary/aromatic N) is 2. The van der Waals surface area contributed by atoms with Crippen LogP contribution in [0.3, 0.4) is 0 Å². The molecule has 7 heteroatoms. The van der Waals surface area contributed by atoms with E-state index in [4.69, 9.17) is 10.00 Å². The molecule has 0 unspecified atom stereocenters. The standard InChI is InChI=1S/C23H20N2O4S/c1-2-25(21-12-4-3-5-13-21)30(27,28)22-14-8-11-18(15-22)23(26)29-17-20-10-7-6-9-19(20)16-24/h3-15H,2,17H2,1H3. The summed E-state index contributed by atoms with van der Waals surface area (Å²) >= 11 is 0. The Hall–Kier alpha value is -3.63. The number of anilines is 1. The highest BCUT2D eigenvalue weighted by Gasteiger charge is 2.24. The zero-order valence-electron chi connectivity index (χ0n) is 16.4. The quantitative estimate of drug-likeness (QED) is 0.536. The van der Waals surface area contributed by atoms with E-state index in [2.05, 4.69) is 0 Å². The normalized spacial score (nSPS) is 10.8. The molecule has 6 nitrogen and oxygen atoms in total. The number of sulfonamides is 1. The van der Waals surface area contributed by atoms with Gasteiger partial charge in [-0.1, -0.05) is 42.5 Å². The summed E-state index contributed by atoms with van der Waals surface area (Å²) in [4.78, 5) is 12.5. The van der Waals surface area contributed by atoms with Gasteiger partial charge in [-0.2, -0.15) is 5.26 Å². The third-order valence-corrected chi connectivity index (χ3v) is 6.38. The van der Waals surface area contributed by atoms with Crippen LogP contribution in [-0.4, -0.2) is 20.9 Å². The molecule has 0 bridgehead atoms. The maximum atomic E-state index is 13.1. The second-order valence-corrected chi connectivity index (χ2v) is 8.24. The fourth-order valence-corrected chi connectivity index (χ4v) is 4.50. The molecule has 30 heavy (non-hydrogen) atoms. The maximum Gasteiger partial charge on any atom is 0.338 e. The molecule has 0 radical (unpaired) electrons. The van der Waals surface area contributed by atoms with Crippen LogP contribution in [0.15, 0.2) is 83.8 Å². The minimum Gasteiger partial charge on any atom is -0.457 e. The Bertz CT molecular complexity index is 1190. The van der Waals surface area contributed by atoms with Gasteiger partial charge in [-0.3, -0.25) is 4.31 Å². The van der Waals surface area contributed by atoms with Gasteiger partial charge < -0.3 is 4.74 Å². The lowest BCUT2D eigenvalue weighted by molar-refractivity contribution is 0.0472. The summed E-state index contributed by atoms with van der Waals surface area (Å²) in [5.41, 5.74) is 1.66. The van der Waals surface area contributed by atoms with Crippen LogP contribution in [0.5, 0.6) is 0 Å². The number of hydrogen-bond acceptors (Lipinski definition) is 5. The van der Waals surface area contributed by atoms with Gasteiger partial charge in [-0.25, -0.2) is 13.2 Å². The van der Waals surface area contributed by atoms with Gasteiger partial charge in [0.05, 0.1) is 27.8 Å². The first-order chi connectivity index (χ1) is 14.5. The van der Waals surface area contributed by atoms with Gasteiger partial charge in [-0.15, -0.1) is 0 Å². The van der Waals surface area contributed by atoms with Crippen LogP contribution in [0.2, 0.25) is 0 Å². The average molecular weight is 420 g/mol. The summed E-state index contributed by atoms with van der Waals surface area (Å²) in [5, 5.41) is 9.13. The highest BCUT2D eigenvalue weighted by Crippen LogP contribution is 2.24. The van der Waals surface area contributed by atoms with E-state index in [9.17, 15) is 13.2 Å². The molecular weight excluding hydrogens is 400 g/mol. The van der Waals surface area contributed by atoms with Gasteiger partial charge in [0.15, 0.2) is 0 Å². The molecule has 3 aromatic carbocycles. The van der Waals surface area contributed by atoms with E-state index in [0.717, 1.165) is 0 Å². The molecule has 0 aliphatic rings. The van der Waals surface area contributed by atoms with Gasteiger partial charge in [0.2, 0.25) is 0 Å². The Morgan fingerprint density at radius 3 is 2.40 bits per heavy atom. The minimum absolute atomic E-state index is 0.0000723. The summed E-state index contributed by atoms with van der Waals surface area (Å²) in [5.74, 6) is -0.664. The van der Waals surface area contributed by atoms with Crippen LogP contribution in [0.1, 0.15) is 28.4 Å². The van der Waals surface area contributed by atoms with Crippen molar-refractivity contribution in [3.8, 4) is 6.07 Å². The Balaban J connectivity index is 1.83. The fourth-order valence-electron chi connectivity index (χ4n) is 2.98. The van der Waals surface area contributed by atoms with Crippen molar-refractivity contribution in [1.29, 1.82) is 5.26 Å². The zero-order valence-corrected chi connectivity index (χ0v) is 17.2. The smallest absolute Gasteiger partial charge is 0.338 e. The Morgan fingerprint density at radius 1 is 1.00 bits per heavy atom. The summed E-state index contributed by atoms with van der Waals surface area (Å²) in [6.45, 7) is 1.91. The molecular formula is C23H20N2O4S. The molecule has 0 aromatic heterocycles. The predicted molar refractivity (Wildman–Crippen MR) is 113 cm³/mol. The third kappa shape index (κ3) is 4.50. The first kappa shape index (κ1) is 21.1. The number of carbonyl (C=O) groups excluding carboxylic acids is 1. The number of rotatable bonds is 7. The van der Waals surface area contributed by atoms with Crippen LogP contribution < -0.4 is 4.31 Å². The number of ether oxygens (including phenoxy) is 1. The number of esters is 1. The van der Waals surface area contributed by atoms with E-state index in [-0.39, 0.29) is 23.6 Å². The number of para-hydroxylation sites is 1. The van der Waals surface area contributed by atoms with Gasteiger partial charge in [0.1, 0.15) is 6.61 Å². The first-order valence-electron chi connectivity index (χ1n) is 9.30. The van der Waals surface area contributed by atoms with Crippen LogP contribution >= 0.6 is 0 Å². The maximum absolute atomic E-state index is 13.1. The van der Waals surface area contributed by atoms with E-state index in [1.807, 2.05) is 12.1 Å². The number of nitriles is 1. The van der Waals surface area contributed by atoms with E-state index < -0.39 is 16.0 Å². The third-order valence-electron chi connectivity index (χ3n) is 4.49. The number of hydrogen-bond donors (Lipinski definition) is 0. The average Bonchev–Trinajstić information content (AvgIpc) is 2.78. The highest BCUT2D eigenvalue weighted by atomic mass is 32.2. The van der Waals surface area contributed by atoms with Crippen molar-refractivity contribution < 1.29 is 17.9 Å². The lowest BCUT2D eigenvalue weighted by atomic mass is 10.1. The summed E-state index contributed by atoms with van der Waals surface area (Å²) < 4.78 is 32.9. The van der Waals surface area contributed by atoms with Crippen LogP contribution in [-0.2, 0) is 21.4 Å². The molecule has 0 saturated heterocycles. The zero-order chi connectivity index (χ0) is 21.6. The van der Waals surface area contributed by atoms with Gasteiger partial charge >= 0.3 is 5.97 Å². The molecule has 0 heterocycles. The van der Waals surface area contributed by atoms with E-state index in [1.165, 1.54) is 28.6 Å². The molecule has 3 rings (SSSR count). The Kier molecular flexibility index (Phi) is 6.50. The van der Waals surface area contributed by atoms with Crippen molar-refractivity contribution in [2.24, 2.45) is 0 Å². The van der Waals surface area contributed by atoms with Crippen LogP contribution in [0.25, 0.3) is 0 Å². The summed E-state index contributed by atoms with van der Waals surface area (Å²) in [6.07, 6.45) is 0. The van der Waals surface area contributed by atoms with Gasteiger partial charge in [0, 0.05) is 12.1 Å². The van der Waals surface area contributed by atoms with E-state index in [1.54, 1.807) is 55.5 Å².